The number of amides is 1. The number of hydrogen-bond acceptors (Lipinski definition) is 2. The van der Waals surface area contributed by atoms with Gasteiger partial charge in [0.25, 0.3) is 0 Å². The normalized spacial score (nSPS) is 13.2. The van der Waals surface area contributed by atoms with Crippen LogP contribution in [0, 0.1) is 5.92 Å². The minimum absolute atomic E-state index is 0.0177. The number of carbonyl (C=O) groups excluding carboxylic acids is 1. The number of nitrogens with one attached hydrogen (secondary N) is 1. The van der Waals surface area contributed by atoms with Gasteiger partial charge in [-0.15, -0.1) is 0 Å². The van der Waals surface area contributed by atoms with E-state index in [0.717, 1.165) is 12.1 Å². The summed E-state index contributed by atoms with van der Waals surface area (Å²) < 4.78 is 38.1. The summed E-state index contributed by atoms with van der Waals surface area (Å²) in [5.41, 5.74) is 5.01. The zero-order valence-corrected chi connectivity index (χ0v) is 10.8. The molecule has 0 aromatic heterocycles. The van der Waals surface area contributed by atoms with Gasteiger partial charge in [0, 0.05) is 18.2 Å². The van der Waals surface area contributed by atoms with Crippen molar-refractivity contribution in [2.45, 2.75) is 33.0 Å². The number of rotatable bonds is 4. The molecule has 3 nitrogen and oxygen atoms in total. The maximum Gasteiger partial charge on any atom is 0.416 e. The molecule has 19 heavy (non-hydrogen) atoms. The van der Waals surface area contributed by atoms with Crippen molar-refractivity contribution in [2.75, 3.05) is 5.32 Å². The molecular formula is C13H17F3N2O. The van der Waals surface area contributed by atoms with Crippen molar-refractivity contribution in [3.8, 4) is 0 Å². The molecule has 1 rings (SSSR count). The summed E-state index contributed by atoms with van der Waals surface area (Å²) in [6, 6.07) is 3.36. The summed E-state index contributed by atoms with van der Waals surface area (Å²) in [7, 11) is 0. The minimum atomic E-state index is -4.46. The molecule has 0 heterocycles. The second-order valence-electron chi connectivity index (χ2n) is 4.42. The van der Waals surface area contributed by atoms with Gasteiger partial charge in [0.05, 0.1) is 5.56 Å². The van der Waals surface area contributed by atoms with Gasteiger partial charge in [-0.3, -0.25) is 4.79 Å². The molecule has 106 valence electrons. The first kappa shape index (κ1) is 15.5. The van der Waals surface area contributed by atoms with Gasteiger partial charge >= 0.3 is 6.18 Å². The van der Waals surface area contributed by atoms with E-state index in [4.69, 9.17) is 5.73 Å². The van der Waals surface area contributed by atoms with Crippen LogP contribution in [0.3, 0.4) is 0 Å². The molecule has 0 aliphatic carbocycles. The SMILES string of the molecule is CCC(C)C(=O)Nc1cc(CN)cc(C(F)(F)F)c1. The summed E-state index contributed by atoms with van der Waals surface area (Å²) >= 11 is 0. The lowest BCUT2D eigenvalue weighted by Gasteiger charge is -2.14. The quantitative estimate of drug-likeness (QED) is 0.886. The smallest absolute Gasteiger partial charge is 0.326 e. The van der Waals surface area contributed by atoms with Crippen molar-refractivity contribution in [1.82, 2.24) is 0 Å². The number of hydrogen-bond donors (Lipinski definition) is 2. The van der Waals surface area contributed by atoms with E-state index in [1.54, 1.807) is 6.92 Å². The van der Waals surface area contributed by atoms with Gasteiger partial charge < -0.3 is 11.1 Å². The molecule has 1 amide bonds. The van der Waals surface area contributed by atoms with Crippen LogP contribution in [0.2, 0.25) is 0 Å². The molecular weight excluding hydrogens is 257 g/mol. The highest BCUT2D eigenvalue weighted by atomic mass is 19.4. The standard InChI is InChI=1S/C13H17F3N2O/c1-3-8(2)12(19)18-11-5-9(7-17)4-10(6-11)13(14,15)16/h4-6,8H,3,7,17H2,1-2H3,(H,18,19). The van der Waals surface area contributed by atoms with Crippen LogP contribution in [-0.4, -0.2) is 5.91 Å². The van der Waals surface area contributed by atoms with E-state index in [9.17, 15) is 18.0 Å². The van der Waals surface area contributed by atoms with Gasteiger partial charge in [-0.05, 0) is 30.2 Å². The van der Waals surface area contributed by atoms with Crippen LogP contribution < -0.4 is 11.1 Å². The molecule has 0 fully saturated rings. The molecule has 0 bridgehead atoms. The summed E-state index contributed by atoms with van der Waals surface area (Å²) in [4.78, 5) is 11.7. The Kier molecular flexibility index (Phi) is 4.94. The van der Waals surface area contributed by atoms with Crippen molar-refractivity contribution in [3.63, 3.8) is 0 Å². The summed E-state index contributed by atoms with van der Waals surface area (Å²) in [6.45, 7) is 3.53. The summed E-state index contributed by atoms with van der Waals surface area (Å²) in [5.74, 6) is -0.555. The molecule has 0 radical (unpaired) electrons. The van der Waals surface area contributed by atoms with E-state index >= 15 is 0 Å². The molecule has 0 saturated carbocycles. The van der Waals surface area contributed by atoms with Gasteiger partial charge in [0.2, 0.25) is 5.91 Å². The average molecular weight is 274 g/mol. The Bertz CT molecular complexity index is 458. The Labute approximate surface area is 110 Å². The van der Waals surface area contributed by atoms with Crippen molar-refractivity contribution in [3.05, 3.63) is 29.3 Å². The van der Waals surface area contributed by atoms with Crippen molar-refractivity contribution < 1.29 is 18.0 Å². The van der Waals surface area contributed by atoms with Crippen LogP contribution in [0.5, 0.6) is 0 Å². The van der Waals surface area contributed by atoms with Crippen LogP contribution in [0.4, 0.5) is 18.9 Å². The zero-order chi connectivity index (χ0) is 14.6. The number of nitrogens with two attached hydrogens (primary N) is 1. The molecule has 3 N–H and O–H groups in total. The van der Waals surface area contributed by atoms with E-state index in [-0.39, 0.29) is 24.1 Å². The lowest BCUT2D eigenvalue weighted by molar-refractivity contribution is -0.137. The fourth-order valence-corrected chi connectivity index (χ4v) is 1.50. The van der Waals surface area contributed by atoms with Crippen molar-refractivity contribution >= 4 is 11.6 Å². The molecule has 1 atom stereocenters. The van der Waals surface area contributed by atoms with Gasteiger partial charge in [0.15, 0.2) is 0 Å². The Morgan fingerprint density at radius 3 is 2.47 bits per heavy atom. The van der Waals surface area contributed by atoms with Crippen LogP contribution in [0.15, 0.2) is 18.2 Å². The number of halogens is 3. The molecule has 1 aromatic rings. The topological polar surface area (TPSA) is 55.1 Å². The third kappa shape index (κ3) is 4.24. The van der Waals surface area contributed by atoms with Gasteiger partial charge in [0.1, 0.15) is 0 Å². The highest BCUT2D eigenvalue weighted by Crippen LogP contribution is 2.32. The summed E-state index contributed by atoms with van der Waals surface area (Å²) in [5, 5.41) is 2.49. The molecule has 6 heteroatoms. The van der Waals surface area contributed by atoms with E-state index in [2.05, 4.69) is 5.32 Å². The largest absolute Gasteiger partial charge is 0.416 e. The fraction of sp³-hybridized carbons (Fsp3) is 0.462. The lowest BCUT2D eigenvalue weighted by Crippen LogP contribution is -2.20. The van der Waals surface area contributed by atoms with Crippen molar-refractivity contribution in [2.24, 2.45) is 11.7 Å². The minimum Gasteiger partial charge on any atom is -0.326 e. The van der Waals surface area contributed by atoms with Crippen molar-refractivity contribution in [1.29, 1.82) is 0 Å². The van der Waals surface area contributed by atoms with Crippen LogP contribution in [0.25, 0.3) is 0 Å². The highest BCUT2D eigenvalue weighted by molar-refractivity contribution is 5.92. The molecule has 0 aliphatic rings. The molecule has 0 aliphatic heterocycles. The third-order valence-corrected chi connectivity index (χ3v) is 2.88. The monoisotopic (exact) mass is 274 g/mol. The van der Waals surface area contributed by atoms with Crippen LogP contribution in [-0.2, 0) is 17.5 Å². The second kappa shape index (κ2) is 6.06. The number of anilines is 1. The first-order chi connectivity index (χ1) is 8.77. The van der Waals surface area contributed by atoms with E-state index < -0.39 is 11.7 Å². The molecule has 0 saturated heterocycles. The number of benzene rings is 1. The average Bonchev–Trinajstić information content (AvgIpc) is 2.36. The fourth-order valence-electron chi connectivity index (χ4n) is 1.50. The van der Waals surface area contributed by atoms with E-state index in [0.29, 0.717) is 12.0 Å². The van der Waals surface area contributed by atoms with E-state index in [1.807, 2.05) is 6.92 Å². The van der Waals surface area contributed by atoms with Gasteiger partial charge in [-0.25, -0.2) is 0 Å². The first-order valence-electron chi connectivity index (χ1n) is 6.00. The zero-order valence-electron chi connectivity index (χ0n) is 10.8. The highest BCUT2D eigenvalue weighted by Gasteiger charge is 2.31. The molecule has 0 spiro atoms. The van der Waals surface area contributed by atoms with Crippen LogP contribution >= 0.6 is 0 Å². The first-order valence-corrected chi connectivity index (χ1v) is 6.00. The lowest BCUT2D eigenvalue weighted by atomic mass is 10.1. The Balaban J connectivity index is 3.04. The Hall–Kier alpha value is -1.56. The predicted octanol–water partition coefficient (Wildman–Crippen LogP) is 3.15. The van der Waals surface area contributed by atoms with Gasteiger partial charge in [-0.1, -0.05) is 13.8 Å². The maximum atomic E-state index is 12.7. The third-order valence-electron chi connectivity index (χ3n) is 2.88. The maximum absolute atomic E-state index is 12.7. The predicted molar refractivity (Wildman–Crippen MR) is 67.4 cm³/mol. The molecule has 1 aromatic carbocycles. The number of alkyl halides is 3. The Morgan fingerprint density at radius 2 is 2.00 bits per heavy atom. The Morgan fingerprint density at radius 1 is 1.37 bits per heavy atom. The number of carbonyl (C=O) groups is 1. The van der Waals surface area contributed by atoms with Gasteiger partial charge in [-0.2, -0.15) is 13.2 Å². The summed E-state index contributed by atoms with van der Waals surface area (Å²) in [6.07, 6.45) is -3.84. The van der Waals surface area contributed by atoms with E-state index in [1.165, 1.54) is 6.07 Å². The van der Waals surface area contributed by atoms with Crippen LogP contribution in [0.1, 0.15) is 31.4 Å². The second-order valence-corrected chi connectivity index (χ2v) is 4.42. The molecule has 1 unspecified atom stereocenters.